The van der Waals surface area contributed by atoms with Gasteiger partial charge in [0.2, 0.25) is 11.8 Å². The number of likely N-dealkylation sites (tertiary alicyclic amines) is 2. The average Bonchev–Trinajstić information content (AvgIpc) is 2.62. The molecule has 0 bridgehead atoms. The van der Waals surface area contributed by atoms with E-state index in [2.05, 4.69) is 0 Å². The van der Waals surface area contributed by atoms with Crippen molar-refractivity contribution in [2.75, 3.05) is 32.7 Å². The van der Waals surface area contributed by atoms with Crippen molar-refractivity contribution in [1.82, 2.24) is 9.80 Å². The summed E-state index contributed by atoms with van der Waals surface area (Å²) in [6, 6.07) is 10.0. The molecule has 1 aromatic carbocycles. The molecule has 2 saturated heterocycles. The molecular formula is C20H29N3O3. The van der Waals surface area contributed by atoms with Gasteiger partial charge in [0.05, 0.1) is 18.1 Å². The van der Waals surface area contributed by atoms with E-state index in [0.717, 1.165) is 24.9 Å². The molecule has 1 aromatic rings. The van der Waals surface area contributed by atoms with E-state index >= 15 is 0 Å². The average molecular weight is 359 g/mol. The van der Waals surface area contributed by atoms with Crippen molar-refractivity contribution in [3.05, 3.63) is 35.9 Å². The van der Waals surface area contributed by atoms with Gasteiger partial charge in [-0.25, -0.2) is 0 Å². The Balaban J connectivity index is 1.52. The van der Waals surface area contributed by atoms with Crippen molar-refractivity contribution in [2.45, 2.75) is 37.7 Å². The molecule has 2 aliphatic heterocycles. The zero-order chi connectivity index (χ0) is 18.6. The van der Waals surface area contributed by atoms with Gasteiger partial charge in [0.25, 0.3) is 0 Å². The van der Waals surface area contributed by atoms with Crippen LogP contribution in [0, 0.1) is 5.92 Å². The summed E-state index contributed by atoms with van der Waals surface area (Å²) < 4.78 is 0. The Hall–Kier alpha value is -1.92. The number of carbonyl (C=O) groups is 2. The molecule has 0 unspecified atom stereocenters. The molecule has 3 rings (SSSR count). The molecule has 0 saturated carbocycles. The Labute approximate surface area is 155 Å². The molecular weight excluding hydrogens is 330 g/mol. The lowest BCUT2D eigenvalue weighted by Gasteiger charge is -2.41. The molecule has 1 atom stereocenters. The van der Waals surface area contributed by atoms with Crippen LogP contribution in [-0.4, -0.2) is 65.0 Å². The van der Waals surface area contributed by atoms with Gasteiger partial charge >= 0.3 is 0 Å². The topological polar surface area (TPSA) is 86.9 Å². The van der Waals surface area contributed by atoms with Crippen LogP contribution in [-0.2, 0) is 16.0 Å². The van der Waals surface area contributed by atoms with Crippen LogP contribution in [0.4, 0.5) is 0 Å². The van der Waals surface area contributed by atoms with Crippen LogP contribution in [0.25, 0.3) is 0 Å². The monoisotopic (exact) mass is 359 g/mol. The zero-order valence-corrected chi connectivity index (χ0v) is 15.3. The maximum atomic E-state index is 12.9. The van der Waals surface area contributed by atoms with E-state index in [4.69, 9.17) is 5.73 Å². The van der Waals surface area contributed by atoms with Crippen LogP contribution in [0.5, 0.6) is 0 Å². The van der Waals surface area contributed by atoms with E-state index in [1.807, 2.05) is 40.1 Å². The van der Waals surface area contributed by atoms with Gasteiger partial charge in [-0.05, 0) is 37.8 Å². The Morgan fingerprint density at radius 3 is 2.50 bits per heavy atom. The summed E-state index contributed by atoms with van der Waals surface area (Å²) in [6.07, 6.45) is 3.61. The molecule has 0 aliphatic carbocycles. The summed E-state index contributed by atoms with van der Waals surface area (Å²) in [7, 11) is 0. The third-order valence-electron chi connectivity index (χ3n) is 5.62. The quantitative estimate of drug-likeness (QED) is 0.813. The Kier molecular flexibility index (Phi) is 5.94. The number of aliphatic hydroxyl groups is 1. The van der Waals surface area contributed by atoms with Crippen LogP contribution < -0.4 is 5.73 Å². The van der Waals surface area contributed by atoms with Crippen molar-refractivity contribution >= 4 is 11.8 Å². The van der Waals surface area contributed by atoms with Gasteiger partial charge in [0.15, 0.2) is 0 Å². The van der Waals surface area contributed by atoms with Gasteiger partial charge in [-0.2, -0.15) is 0 Å². The lowest BCUT2D eigenvalue weighted by atomic mass is 9.84. The third kappa shape index (κ3) is 4.83. The molecule has 2 heterocycles. The predicted molar refractivity (Wildman–Crippen MR) is 99.3 cm³/mol. The predicted octanol–water partition coefficient (Wildman–Crippen LogP) is 0.780. The molecule has 0 radical (unpaired) electrons. The smallest absolute Gasteiger partial charge is 0.231 e. The fourth-order valence-electron chi connectivity index (χ4n) is 4.18. The first-order valence-corrected chi connectivity index (χ1v) is 9.51. The lowest BCUT2D eigenvalue weighted by molar-refractivity contribution is -0.142. The SMILES string of the molecule is NC(=O)CN1CCC[C@H](C(=O)N2CCC(O)(Cc3ccccc3)CC2)C1. The molecule has 2 fully saturated rings. The van der Waals surface area contributed by atoms with Gasteiger partial charge in [0.1, 0.15) is 0 Å². The maximum absolute atomic E-state index is 12.9. The van der Waals surface area contributed by atoms with Crippen LogP contribution in [0.3, 0.4) is 0 Å². The van der Waals surface area contributed by atoms with Crippen molar-refractivity contribution in [3.8, 4) is 0 Å². The van der Waals surface area contributed by atoms with Gasteiger partial charge < -0.3 is 15.7 Å². The van der Waals surface area contributed by atoms with Crippen molar-refractivity contribution in [3.63, 3.8) is 0 Å². The molecule has 2 aliphatic rings. The molecule has 3 N–H and O–H groups in total. The number of piperidine rings is 2. The Morgan fingerprint density at radius 2 is 1.85 bits per heavy atom. The zero-order valence-electron chi connectivity index (χ0n) is 15.3. The summed E-state index contributed by atoms with van der Waals surface area (Å²) >= 11 is 0. The van der Waals surface area contributed by atoms with E-state index in [1.165, 1.54) is 0 Å². The minimum absolute atomic E-state index is 0.0663. The Bertz CT molecular complexity index is 626. The third-order valence-corrected chi connectivity index (χ3v) is 5.62. The number of nitrogens with zero attached hydrogens (tertiary/aromatic N) is 2. The van der Waals surface area contributed by atoms with Gasteiger partial charge in [-0.1, -0.05) is 30.3 Å². The fourth-order valence-corrected chi connectivity index (χ4v) is 4.18. The van der Waals surface area contributed by atoms with Gasteiger partial charge in [-0.15, -0.1) is 0 Å². The molecule has 0 aromatic heterocycles. The van der Waals surface area contributed by atoms with Crippen LogP contribution in [0.2, 0.25) is 0 Å². The number of benzene rings is 1. The fraction of sp³-hybridized carbons (Fsp3) is 0.600. The van der Waals surface area contributed by atoms with Gasteiger partial charge in [-0.3, -0.25) is 14.5 Å². The number of hydrogen-bond donors (Lipinski definition) is 2. The van der Waals surface area contributed by atoms with Crippen LogP contribution in [0.1, 0.15) is 31.2 Å². The number of primary amides is 1. The minimum atomic E-state index is -0.733. The van der Waals surface area contributed by atoms with Crippen LogP contribution >= 0.6 is 0 Å². The van der Waals surface area contributed by atoms with Crippen molar-refractivity contribution in [2.24, 2.45) is 11.7 Å². The molecule has 0 spiro atoms. The highest BCUT2D eigenvalue weighted by Crippen LogP contribution is 2.28. The first-order valence-electron chi connectivity index (χ1n) is 9.51. The summed E-state index contributed by atoms with van der Waals surface area (Å²) in [6.45, 7) is 2.83. The maximum Gasteiger partial charge on any atom is 0.231 e. The molecule has 26 heavy (non-hydrogen) atoms. The molecule has 142 valence electrons. The molecule has 2 amide bonds. The van der Waals surface area contributed by atoms with Crippen molar-refractivity contribution < 1.29 is 14.7 Å². The Morgan fingerprint density at radius 1 is 1.15 bits per heavy atom. The highest BCUT2D eigenvalue weighted by molar-refractivity contribution is 5.80. The summed E-state index contributed by atoms with van der Waals surface area (Å²) in [4.78, 5) is 27.8. The van der Waals surface area contributed by atoms with Gasteiger partial charge in [0, 0.05) is 26.1 Å². The van der Waals surface area contributed by atoms with Crippen molar-refractivity contribution in [1.29, 1.82) is 0 Å². The number of hydrogen-bond acceptors (Lipinski definition) is 4. The van der Waals surface area contributed by atoms with E-state index in [1.54, 1.807) is 0 Å². The van der Waals surface area contributed by atoms with Crippen LogP contribution in [0.15, 0.2) is 30.3 Å². The lowest BCUT2D eigenvalue weighted by Crippen LogP contribution is -2.52. The second-order valence-electron chi connectivity index (χ2n) is 7.75. The van der Waals surface area contributed by atoms with E-state index < -0.39 is 5.60 Å². The van der Waals surface area contributed by atoms with E-state index in [-0.39, 0.29) is 24.3 Å². The van der Waals surface area contributed by atoms with E-state index in [9.17, 15) is 14.7 Å². The second-order valence-corrected chi connectivity index (χ2v) is 7.75. The second kappa shape index (κ2) is 8.18. The summed E-state index contributed by atoms with van der Waals surface area (Å²) in [5.74, 6) is -0.258. The minimum Gasteiger partial charge on any atom is -0.389 e. The highest BCUT2D eigenvalue weighted by Gasteiger charge is 2.36. The normalized spacial score (nSPS) is 23.6. The first kappa shape index (κ1) is 18.9. The molecule has 6 nitrogen and oxygen atoms in total. The summed E-state index contributed by atoms with van der Waals surface area (Å²) in [5, 5.41) is 10.9. The largest absolute Gasteiger partial charge is 0.389 e. The molecule has 6 heteroatoms. The number of rotatable bonds is 5. The number of carbonyl (C=O) groups excluding carboxylic acids is 2. The number of amides is 2. The first-order chi connectivity index (χ1) is 12.5. The van der Waals surface area contributed by atoms with E-state index in [0.29, 0.717) is 38.9 Å². The highest BCUT2D eigenvalue weighted by atomic mass is 16.3. The summed E-state index contributed by atoms with van der Waals surface area (Å²) in [5.41, 5.74) is 5.67. The number of nitrogens with two attached hydrogens (primary N) is 1. The standard InChI is InChI=1S/C20H29N3O3/c21-18(24)15-22-10-4-7-17(14-22)19(25)23-11-8-20(26,9-12-23)13-16-5-2-1-3-6-16/h1-3,5-6,17,26H,4,7-15H2,(H2,21,24)/t17-/m0/s1.